The van der Waals surface area contributed by atoms with Crippen LogP contribution < -0.4 is 4.74 Å². The van der Waals surface area contributed by atoms with E-state index in [-0.39, 0.29) is 11.5 Å². The fourth-order valence-corrected chi connectivity index (χ4v) is 3.40. The zero-order valence-electron chi connectivity index (χ0n) is 17.9. The van der Waals surface area contributed by atoms with Gasteiger partial charge < -0.3 is 9.84 Å². The Bertz CT molecular complexity index is 487. The summed E-state index contributed by atoms with van der Waals surface area (Å²) in [5.41, 5.74) is 0.865. The van der Waals surface area contributed by atoms with Gasteiger partial charge in [0, 0.05) is 5.56 Å². The van der Waals surface area contributed by atoms with Crippen molar-refractivity contribution in [3.05, 3.63) is 23.8 Å². The Labute approximate surface area is 162 Å². The van der Waals surface area contributed by atoms with Crippen LogP contribution in [0.1, 0.15) is 111 Å². The Morgan fingerprint density at radius 1 is 0.885 bits per heavy atom. The predicted octanol–water partition coefficient (Wildman–Crippen LogP) is 7.77. The van der Waals surface area contributed by atoms with Crippen molar-refractivity contribution >= 4 is 0 Å². The third kappa shape index (κ3) is 9.50. The largest absolute Gasteiger partial charge is 0.508 e. The smallest absolute Gasteiger partial charge is 0.120 e. The molecular weight excluding hydrogens is 320 g/mol. The summed E-state index contributed by atoms with van der Waals surface area (Å²) in [7, 11) is 0. The zero-order chi connectivity index (χ0) is 19.4. The molecule has 2 nitrogen and oxygen atoms in total. The lowest BCUT2D eigenvalue weighted by molar-refractivity contribution is 0.205. The van der Waals surface area contributed by atoms with Gasteiger partial charge in [-0.3, -0.25) is 0 Å². The molecule has 0 aliphatic rings. The van der Waals surface area contributed by atoms with Crippen molar-refractivity contribution in [3.63, 3.8) is 0 Å². The van der Waals surface area contributed by atoms with Gasteiger partial charge in [0.05, 0.1) is 6.10 Å². The summed E-state index contributed by atoms with van der Waals surface area (Å²) >= 11 is 0. The topological polar surface area (TPSA) is 29.5 Å². The maximum absolute atomic E-state index is 10.1. The molecule has 0 spiro atoms. The second kappa shape index (κ2) is 12.3. The third-order valence-corrected chi connectivity index (χ3v) is 5.08. The lowest BCUT2D eigenvalue weighted by atomic mass is 9.86. The van der Waals surface area contributed by atoms with E-state index in [0.29, 0.717) is 5.75 Å². The molecule has 0 bridgehead atoms. The Morgan fingerprint density at radius 2 is 1.42 bits per heavy atom. The van der Waals surface area contributed by atoms with Crippen LogP contribution in [-0.4, -0.2) is 11.2 Å². The van der Waals surface area contributed by atoms with Crippen molar-refractivity contribution in [2.24, 2.45) is 0 Å². The number of ether oxygens (including phenoxy) is 1. The van der Waals surface area contributed by atoms with Gasteiger partial charge in [0.25, 0.3) is 0 Å². The molecule has 1 N–H and O–H groups in total. The zero-order valence-corrected chi connectivity index (χ0v) is 17.9. The first-order chi connectivity index (χ1) is 12.3. The van der Waals surface area contributed by atoms with E-state index in [4.69, 9.17) is 4.74 Å². The number of hydrogen-bond donors (Lipinski definition) is 1. The summed E-state index contributed by atoms with van der Waals surface area (Å²) < 4.78 is 6.08. The summed E-state index contributed by atoms with van der Waals surface area (Å²) in [6.07, 6.45) is 15.0. The fourth-order valence-electron chi connectivity index (χ4n) is 3.40. The lowest BCUT2D eigenvalue weighted by Crippen LogP contribution is -2.14. The second-order valence-corrected chi connectivity index (χ2v) is 8.83. The molecule has 0 fully saturated rings. The number of hydrogen-bond acceptors (Lipinski definition) is 2. The molecule has 0 aliphatic heterocycles. The molecule has 150 valence electrons. The van der Waals surface area contributed by atoms with Gasteiger partial charge in [0.2, 0.25) is 0 Å². The minimum atomic E-state index is -0.0801. The summed E-state index contributed by atoms with van der Waals surface area (Å²) in [6.45, 7) is 10.8. The number of phenolic OH excluding ortho intramolecular Hbond substituents is 1. The van der Waals surface area contributed by atoms with E-state index in [1.807, 2.05) is 12.1 Å². The highest BCUT2D eigenvalue weighted by atomic mass is 16.5. The predicted molar refractivity (Wildman–Crippen MR) is 113 cm³/mol. The fraction of sp³-hybridized carbons (Fsp3) is 0.750. The van der Waals surface area contributed by atoms with Crippen molar-refractivity contribution in [2.45, 2.75) is 117 Å². The molecule has 0 radical (unpaired) electrons. The highest BCUT2D eigenvalue weighted by Gasteiger charge is 2.19. The normalized spacial score (nSPS) is 13.0. The SMILES string of the molecule is CCCCCCCCCCCCC(C)Oc1ccc(O)c(C(C)(C)C)c1. The molecule has 0 aliphatic carbocycles. The molecule has 1 atom stereocenters. The van der Waals surface area contributed by atoms with Crippen LogP contribution in [0.25, 0.3) is 0 Å². The van der Waals surface area contributed by atoms with Gasteiger partial charge in [0.1, 0.15) is 11.5 Å². The standard InChI is InChI=1S/C24H42O2/c1-6-7-8-9-10-11-12-13-14-15-16-20(2)26-21-17-18-23(25)22(19-21)24(3,4)5/h17-20,25H,6-16H2,1-5H3. The molecule has 0 heterocycles. The number of aromatic hydroxyl groups is 1. The van der Waals surface area contributed by atoms with E-state index >= 15 is 0 Å². The van der Waals surface area contributed by atoms with Crippen molar-refractivity contribution in [2.75, 3.05) is 0 Å². The quantitative estimate of drug-likeness (QED) is 0.363. The van der Waals surface area contributed by atoms with Crippen molar-refractivity contribution in [3.8, 4) is 11.5 Å². The van der Waals surface area contributed by atoms with Gasteiger partial charge in [-0.1, -0.05) is 85.5 Å². The van der Waals surface area contributed by atoms with Crippen LogP contribution >= 0.6 is 0 Å². The summed E-state index contributed by atoms with van der Waals surface area (Å²) in [6, 6.07) is 5.62. The summed E-state index contributed by atoms with van der Waals surface area (Å²) in [5.74, 6) is 1.22. The summed E-state index contributed by atoms with van der Waals surface area (Å²) in [5, 5.41) is 10.1. The Morgan fingerprint density at radius 3 is 1.96 bits per heavy atom. The average molecular weight is 363 g/mol. The molecule has 2 heteroatoms. The minimum Gasteiger partial charge on any atom is -0.508 e. The Balaban J connectivity index is 2.18. The van der Waals surface area contributed by atoms with E-state index in [2.05, 4.69) is 34.6 Å². The molecule has 1 rings (SSSR count). The van der Waals surface area contributed by atoms with E-state index < -0.39 is 0 Å². The second-order valence-electron chi connectivity index (χ2n) is 8.83. The van der Waals surface area contributed by atoms with E-state index in [9.17, 15) is 5.11 Å². The molecule has 0 aromatic heterocycles. The average Bonchev–Trinajstić information content (AvgIpc) is 2.57. The molecule has 1 unspecified atom stereocenters. The molecule has 0 saturated heterocycles. The van der Waals surface area contributed by atoms with Crippen molar-refractivity contribution in [1.29, 1.82) is 0 Å². The van der Waals surface area contributed by atoms with Crippen LogP contribution in [0.4, 0.5) is 0 Å². The van der Waals surface area contributed by atoms with Gasteiger partial charge in [-0.25, -0.2) is 0 Å². The number of unbranched alkanes of at least 4 members (excludes halogenated alkanes) is 9. The number of phenols is 1. The first-order valence-corrected chi connectivity index (χ1v) is 10.8. The van der Waals surface area contributed by atoms with Crippen LogP contribution in [0.3, 0.4) is 0 Å². The van der Waals surface area contributed by atoms with Crippen LogP contribution in [0.2, 0.25) is 0 Å². The highest BCUT2D eigenvalue weighted by Crippen LogP contribution is 2.33. The Hall–Kier alpha value is -1.18. The molecular formula is C24H42O2. The van der Waals surface area contributed by atoms with E-state index in [0.717, 1.165) is 17.7 Å². The monoisotopic (exact) mass is 362 g/mol. The first kappa shape index (κ1) is 22.9. The van der Waals surface area contributed by atoms with Crippen LogP contribution in [0.15, 0.2) is 18.2 Å². The van der Waals surface area contributed by atoms with Gasteiger partial charge in [-0.2, -0.15) is 0 Å². The number of rotatable bonds is 13. The van der Waals surface area contributed by atoms with E-state index in [1.165, 1.54) is 64.2 Å². The third-order valence-electron chi connectivity index (χ3n) is 5.08. The van der Waals surface area contributed by atoms with Crippen molar-refractivity contribution in [1.82, 2.24) is 0 Å². The highest BCUT2D eigenvalue weighted by molar-refractivity contribution is 5.43. The van der Waals surface area contributed by atoms with Crippen LogP contribution in [0.5, 0.6) is 11.5 Å². The van der Waals surface area contributed by atoms with Gasteiger partial charge in [0.15, 0.2) is 0 Å². The van der Waals surface area contributed by atoms with Crippen LogP contribution in [-0.2, 0) is 5.41 Å². The Kier molecular flexibility index (Phi) is 10.8. The molecule has 1 aromatic carbocycles. The van der Waals surface area contributed by atoms with Gasteiger partial charge >= 0.3 is 0 Å². The number of benzene rings is 1. The summed E-state index contributed by atoms with van der Waals surface area (Å²) in [4.78, 5) is 0. The molecule has 0 saturated carbocycles. The van der Waals surface area contributed by atoms with Gasteiger partial charge in [-0.05, 0) is 43.4 Å². The molecule has 1 aromatic rings. The van der Waals surface area contributed by atoms with E-state index in [1.54, 1.807) is 6.07 Å². The first-order valence-electron chi connectivity index (χ1n) is 10.8. The maximum Gasteiger partial charge on any atom is 0.120 e. The maximum atomic E-state index is 10.1. The lowest BCUT2D eigenvalue weighted by Gasteiger charge is -2.22. The van der Waals surface area contributed by atoms with Crippen molar-refractivity contribution < 1.29 is 9.84 Å². The van der Waals surface area contributed by atoms with Crippen LogP contribution in [0, 0.1) is 0 Å². The minimum absolute atomic E-state index is 0.0801. The van der Waals surface area contributed by atoms with Gasteiger partial charge in [-0.15, -0.1) is 0 Å². The molecule has 26 heavy (non-hydrogen) atoms. The molecule has 0 amide bonds.